The van der Waals surface area contributed by atoms with Crippen molar-refractivity contribution in [2.45, 2.75) is 26.8 Å². The summed E-state index contributed by atoms with van der Waals surface area (Å²) in [6.45, 7) is 4.97. The largest absolute Gasteiger partial charge is 0.396 e. The molecule has 0 saturated heterocycles. The van der Waals surface area contributed by atoms with Crippen molar-refractivity contribution in [2.24, 2.45) is 0 Å². The highest BCUT2D eigenvalue weighted by atomic mass is 16.3. The Hall–Kier alpha value is -4.49. The Bertz CT molecular complexity index is 1830. The lowest BCUT2D eigenvalue weighted by atomic mass is 9.95. The van der Waals surface area contributed by atoms with Crippen LogP contribution >= 0.6 is 0 Å². The molecule has 0 radical (unpaired) electrons. The first-order valence-electron chi connectivity index (χ1n) is 12.4. The van der Waals surface area contributed by atoms with Gasteiger partial charge in [0.1, 0.15) is 6.33 Å². The van der Waals surface area contributed by atoms with Crippen LogP contribution in [0.15, 0.2) is 84.2 Å². The molecule has 0 unspecified atom stereocenters. The lowest BCUT2D eigenvalue weighted by Gasteiger charge is -2.15. The topological polar surface area (TPSA) is 88.7 Å². The number of hydrogen-bond acceptors (Lipinski definition) is 4. The van der Waals surface area contributed by atoms with E-state index in [9.17, 15) is 4.79 Å². The van der Waals surface area contributed by atoms with Gasteiger partial charge in [0.2, 0.25) is 0 Å². The van der Waals surface area contributed by atoms with E-state index in [-0.39, 0.29) is 12.2 Å². The first kappa shape index (κ1) is 22.9. The normalized spacial score (nSPS) is 11.5. The first-order valence-corrected chi connectivity index (χ1v) is 12.4. The Morgan fingerprint density at radius 1 is 0.973 bits per heavy atom. The fraction of sp³-hybridized carbons (Fsp3) is 0.167. The number of aliphatic hydroxyl groups excluding tert-OH is 1. The molecule has 184 valence electrons. The molecule has 3 aromatic carbocycles. The van der Waals surface area contributed by atoms with Crippen LogP contribution in [-0.4, -0.2) is 36.0 Å². The molecule has 0 bridgehead atoms. The summed E-state index contributed by atoms with van der Waals surface area (Å²) in [4.78, 5) is 21.4. The third-order valence-corrected chi connectivity index (χ3v) is 7.01. The highest BCUT2D eigenvalue weighted by Crippen LogP contribution is 2.36. The van der Waals surface area contributed by atoms with Gasteiger partial charge in [-0.15, -0.1) is 0 Å². The molecule has 7 nitrogen and oxygen atoms in total. The molecule has 6 aromatic rings. The van der Waals surface area contributed by atoms with Crippen LogP contribution in [-0.2, 0) is 6.54 Å². The summed E-state index contributed by atoms with van der Waals surface area (Å²) in [6, 6.07) is 19.9. The molecule has 37 heavy (non-hydrogen) atoms. The molecule has 0 aliphatic heterocycles. The van der Waals surface area contributed by atoms with E-state index in [1.165, 1.54) is 0 Å². The number of aryl methyl sites for hydroxylation is 2. The molecule has 0 spiro atoms. The van der Waals surface area contributed by atoms with E-state index in [0.717, 1.165) is 50.1 Å². The Kier molecular flexibility index (Phi) is 5.70. The number of nitrogens with zero attached hydrogens (tertiary/aromatic N) is 4. The second kappa shape index (κ2) is 9.19. The minimum absolute atomic E-state index is 0.0814. The fourth-order valence-corrected chi connectivity index (χ4v) is 5.02. The minimum atomic E-state index is -0.0814. The van der Waals surface area contributed by atoms with Crippen LogP contribution in [0.3, 0.4) is 0 Å². The summed E-state index contributed by atoms with van der Waals surface area (Å²) in [5, 5.41) is 15.3. The zero-order valence-electron chi connectivity index (χ0n) is 20.8. The van der Waals surface area contributed by atoms with Gasteiger partial charge in [-0.3, -0.25) is 14.0 Å². The van der Waals surface area contributed by atoms with Crippen LogP contribution in [0.25, 0.3) is 49.9 Å². The van der Waals surface area contributed by atoms with Crippen molar-refractivity contribution in [3.63, 3.8) is 0 Å². The summed E-state index contributed by atoms with van der Waals surface area (Å²) in [6.07, 6.45) is 6.13. The quantitative estimate of drug-likeness (QED) is 0.328. The van der Waals surface area contributed by atoms with E-state index in [4.69, 9.17) is 5.11 Å². The highest BCUT2D eigenvalue weighted by Gasteiger charge is 2.16. The number of benzene rings is 3. The summed E-state index contributed by atoms with van der Waals surface area (Å²) < 4.78 is 3.49. The van der Waals surface area contributed by atoms with Crippen molar-refractivity contribution >= 4 is 21.8 Å². The smallest absolute Gasteiger partial charge is 0.265 e. The van der Waals surface area contributed by atoms with E-state index in [0.29, 0.717) is 23.9 Å². The predicted molar refractivity (Wildman–Crippen MR) is 147 cm³/mol. The molecule has 0 saturated carbocycles. The Morgan fingerprint density at radius 2 is 1.84 bits per heavy atom. The van der Waals surface area contributed by atoms with Gasteiger partial charge in [0.25, 0.3) is 5.56 Å². The van der Waals surface area contributed by atoms with Gasteiger partial charge in [0, 0.05) is 41.5 Å². The van der Waals surface area contributed by atoms with Gasteiger partial charge in [0.05, 0.1) is 22.8 Å². The molecule has 3 heterocycles. The van der Waals surface area contributed by atoms with Gasteiger partial charge in [0.15, 0.2) is 0 Å². The van der Waals surface area contributed by atoms with Crippen molar-refractivity contribution in [1.29, 1.82) is 0 Å². The van der Waals surface area contributed by atoms with Gasteiger partial charge < -0.3 is 10.1 Å². The molecule has 0 aliphatic carbocycles. The second-order valence-electron chi connectivity index (χ2n) is 9.36. The number of rotatable bonds is 6. The van der Waals surface area contributed by atoms with E-state index in [1.807, 2.05) is 53.5 Å². The summed E-state index contributed by atoms with van der Waals surface area (Å²) in [5.41, 5.74) is 8.81. The van der Waals surface area contributed by atoms with Gasteiger partial charge >= 0.3 is 0 Å². The summed E-state index contributed by atoms with van der Waals surface area (Å²) in [7, 11) is 0. The van der Waals surface area contributed by atoms with Gasteiger partial charge in [-0.25, -0.2) is 4.98 Å². The lowest BCUT2D eigenvalue weighted by molar-refractivity contribution is 0.277. The van der Waals surface area contributed by atoms with Crippen molar-refractivity contribution in [3.05, 3.63) is 101 Å². The number of para-hydroxylation sites is 1. The highest BCUT2D eigenvalue weighted by molar-refractivity contribution is 6.00. The summed E-state index contributed by atoms with van der Waals surface area (Å²) >= 11 is 0. The molecule has 0 aliphatic rings. The Morgan fingerprint density at radius 3 is 2.70 bits per heavy atom. The molecule has 0 atom stereocenters. The van der Waals surface area contributed by atoms with Crippen molar-refractivity contribution in [1.82, 2.24) is 24.3 Å². The van der Waals surface area contributed by atoms with Crippen LogP contribution in [0.4, 0.5) is 0 Å². The van der Waals surface area contributed by atoms with E-state index in [1.54, 1.807) is 10.9 Å². The van der Waals surface area contributed by atoms with Crippen LogP contribution in [0.1, 0.15) is 17.5 Å². The summed E-state index contributed by atoms with van der Waals surface area (Å²) in [5.74, 6) is 0. The predicted octanol–water partition coefficient (Wildman–Crippen LogP) is 5.40. The number of aliphatic hydroxyl groups is 1. The third kappa shape index (κ3) is 3.93. The van der Waals surface area contributed by atoms with Gasteiger partial charge in [-0.05, 0) is 66.8 Å². The second-order valence-corrected chi connectivity index (χ2v) is 9.36. The van der Waals surface area contributed by atoms with Crippen molar-refractivity contribution in [2.75, 3.05) is 6.61 Å². The number of aromatic amines is 1. The van der Waals surface area contributed by atoms with Crippen LogP contribution < -0.4 is 5.56 Å². The molecule has 3 aromatic heterocycles. The van der Waals surface area contributed by atoms with Crippen LogP contribution in [0.2, 0.25) is 0 Å². The number of aromatic nitrogens is 5. The van der Waals surface area contributed by atoms with Crippen molar-refractivity contribution < 1.29 is 5.11 Å². The van der Waals surface area contributed by atoms with Gasteiger partial charge in [-0.2, -0.15) is 5.10 Å². The van der Waals surface area contributed by atoms with Crippen LogP contribution in [0.5, 0.6) is 0 Å². The maximum absolute atomic E-state index is 13.3. The van der Waals surface area contributed by atoms with Gasteiger partial charge in [-0.1, -0.05) is 36.4 Å². The lowest BCUT2D eigenvalue weighted by Crippen LogP contribution is -2.19. The first-order chi connectivity index (χ1) is 18.0. The van der Waals surface area contributed by atoms with E-state index < -0.39 is 0 Å². The van der Waals surface area contributed by atoms with E-state index in [2.05, 4.69) is 53.2 Å². The number of fused-ring (bicyclic) bond motifs is 2. The van der Waals surface area contributed by atoms with E-state index >= 15 is 0 Å². The SMILES string of the molecule is Cc1c(-c2ccc(C)c3[nH]c(-c4cnn(CCCO)c4)cc23)cccc1-n1cnc2ccccc2c1=O. The molecule has 0 fully saturated rings. The third-order valence-electron chi connectivity index (χ3n) is 7.01. The average molecular weight is 490 g/mol. The Labute approximate surface area is 213 Å². The van der Waals surface area contributed by atoms with Crippen LogP contribution in [0, 0.1) is 13.8 Å². The maximum Gasteiger partial charge on any atom is 0.265 e. The zero-order valence-corrected chi connectivity index (χ0v) is 20.8. The minimum Gasteiger partial charge on any atom is -0.396 e. The number of hydrogen-bond donors (Lipinski definition) is 2. The molecule has 0 amide bonds. The average Bonchev–Trinajstić information content (AvgIpc) is 3.57. The number of H-pyrrole nitrogens is 1. The molecule has 6 rings (SSSR count). The maximum atomic E-state index is 13.3. The zero-order chi connectivity index (χ0) is 25.5. The van der Waals surface area contributed by atoms with Crippen molar-refractivity contribution in [3.8, 4) is 28.1 Å². The standard InChI is InChI=1S/C30H27N5O2/c1-19-11-12-23(25-15-27(33-29(19)25)21-16-32-34(17-21)13-6-14-36)22-8-5-10-28(20(22)2)35-18-31-26-9-4-3-7-24(26)30(35)37/h3-5,7-12,15-18,33,36H,6,13-14H2,1-2H3. The molecular formula is C30H27N5O2. The fourth-order valence-electron chi connectivity index (χ4n) is 5.02. The molecule has 2 N–H and O–H groups in total. The Balaban J connectivity index is 1.48. The molecule has 7 heteroatoms. The molecular weight excluding hydrogens is 462 g/mol. The number of nitrogens with one attached hydrogen (secondary N) is 1. The monoisotopic (exact) mass is 489 g/mol.